The number of nitrogens with zero attached hydrogens (tertiary/aromatic N) is 3. The van der Waals surface area contributed by atoms with Gasteiger partial charge in [-0.2, -0.15) is 0 Å². The highest BCUT2D eigenvalue weighted by Crippen LogP contribution is 2.32. The highest BCUT2D eigenvalue weighted by Gasteiger charge is 2.28. The topological polar surface area (TPSA) is 29.0 Å². The summed E-state index contributed by atoms with van der Waals surface area (Å²) in [6, 6.07) is 8.07. The molecule has 2 atom stereocenters. The van der Waals surface area contributed by atoms with Gasteiger partial charge in [-0.15, -0.1) is 10.2 Å². The number of hydrogen-bond acceptors (Lipinski definition) is 3. The van der Waals surface area contributed by atoms with Gasteiger partial charge in [0.1, 0.15) is 0 Å². The quantitative estimate of drug-likeness (QED) is 0.788. The maximum Gasteiger partial charge on any atom is 0.159 e. The molecule has 0 amide bonds. The largest absolute Gasteiger partial charge is 0.354 e. The Hall–Kier alpha value is -1.35. The van der Waals surface area contributed by atoms with E-state index < -0.39 is 0 Å². The Morgan fingerprint density at radius 3 is 2.33 bits per heavy atom. The minimum atomic E-state index is 0.481. The first-order chi connectivity index (χ1) is 8.66. The van der Waals surface area contributed by atoms with Crippen LogP contribution in [-0.4, -0.2) is 23.3 Å². The molecule has 2 unspecified atom stereocenters. The van der Waals surface area contributed by atoms with Gasteiger partial charge in [-0.25, -0.2) is 0 Å². The summed E-state index contributed by atoms with van der Waals surface area (Å²) >= 11 is 6.10. The fraction of sp³-hybridized carbons (Fsp3) is 0.429. The summed E-state index contributed by atoms with van der Waals surface area (Å²) in [5.74, 6) is 2.36. The molecule has 1 saturated heterocycles. The van der Waals surface area contributed by atoms with Crippen molar-refractivity contribution >= 4 is 28.2 Å². The third-order valence-corrected chi connectivity index (χ3v) is 4.19. The number of rotatable bonds is 1. The van der Waals surface area contributed by atoms with Crippen LogP contribution in [0.15, 0.2) is 24.3 Å². The Morgan fingerprint density at radius 1 is 1.06 bits per heavy atom. The van der Waals surface area contributed by atoms with E-state index in [4.69, 9.17) is 11.6 Å². The minimum Gasteiger partial charge on any atom is -0.354 e. The predicted octanol–water partition coefficient (Wildman–Crippen LogP) is 3.38. The third kappa shape index (κ3) is 1.83. The average Bonchev–Trinajstić information content (AvgIpc) is 2.70. The molecule has 4 heteroatoms. The van der Waals surface area contributed by atoms with Crippen LogP contribution in [0.1, 0.15) is 13.8 Å². The summed E-state index contributed by atoms with van der Waals surface area (Å²) in [4.78, 5) is 2.32. The van der Waals surface area contributed by atoms with Crippen molar-refractivity contribution in [3.63, 3.8) is 0 Å². The Morgan fingerprint density at radius 2 is 1.67 bits per heavy atom. The Balaban J connectivity index is 2.10. The molecule has 2 heterocycles. The summed E-state index contributed by atoms with van der Waals surface area (Å²) in [7, 11) is 0. The zero-order valence-electron chi connectivity index (χ0n) is 10.6. The van der Waals surface area contributed by atoms with Crippen LogP contribution in [0.3, 0.4) is 0 Å². The first kappa shape index (κ1) is 11.7. The fourth-order valence-electron chi connectivity index (χ4n) is 2.59. The Labute approximate surface area is 112 Å². The Bertz CT molecular complexity index is 574. The van der Waals surface area contributed by atoms with E-state index in [1.165, 1.54) is 0 Å². The number of anilines is 1. The lowest BCUT2D eigenvalue weighted by molar-refractivity contribution is 0.494. The maximum atomic E-state index is 6.10. The summed E-state index contributed by atoms with van der Waals surface area (Å²) in [6.45, 7) is 6.66. The normalized spacial score (nSPS) is 23.8. The molecule has 0 bridgehead atoms. The Kier molecular flexibility index (Phi) is 2.86. The van der Waals surface area contributed by atoms with Gasteiger partial charge in [0.2, 0.25) is 0 Å². The van der Waals surface area contributed by atoms with Gasteiger partial charge in [0.15, 0.2) is 11.0 Å². The molecule has 1 aliphatic heterocycles. The smallest absolute Gasteiger partial charge is 0.159 e. The van der Waals surface area contributed by atoms with Crippen molar-refractivity contribution in [3.8, 4) is 0 Å². The van der Waals surface area contributed by atoms with Gasteiger partial charge in [-0.3, -0.25) is 0 Å². The first-order valence-electron chi connectivity index (χ1n) is 6.32. The molecular weight excluding hydrogens is 246 g/mol. The van der Waals surface area contributed by atoms with Gasteiger partial charge in [0, 0.05) is 23.9 Å². The fourth-order valence-corrected chi connectivity index (χ4v) is 2.80. The molecule has 1 aromatic heterocycles. The van der Waals surface area contributed by atoms with E-state index in [1.54, 1.807) is 0 Å². The molecule has 0 radical (unpaired) electrons. The molecule has 1 aliphatic rings. The molecule has 2 aromatic rings. The van der Waals surface area contributed by atoms with Crippen molar-refractivity contribution in [1.29, 1.82) is 0 Å². The second-order valence-electron chi connectivity index (χ2n) is 5.22. The molecule has 18 heavy (non-hydrogen) atoms. The van der Waals surface area contributed by atoms with Crippen LogP contribution < -0.4 is 4.90 Å². The second-order valence-corrected chi connectivity index (χ2v) is 5.58. The van der Waals surface area contributed by atoms with Gasteiger partial charge in [0.25, 0.3) is 0 Å². The first-order valence-corrected chi connectivity index (χ1v) is 6.70. The van der Waals surface area contributed by atoms with Gasteiger partial charge in [0.05, 0.1) is 0 Å². The van der Waals surface area contributed by atoms with Gasteiger partial charge >= 0.3 is 0 Å². The van der Waals surface area contributed by atoms with E-state index in [1.807, 2.05) is 18.2 Å². The highest BCUT2D eigenvalue weighted by molar-refractivity contribution is 6.34. The van der Waals surface area contributed by atoms with Crippen molar-refractivity contribution in [2.24, 2.45) is 11.8 Å². The monoisotopic (exact) mass is 261 g/mol. The summed E-state index contributed by atoms with van der Waals surface area (Å²) in [5, 5.41) is 10.9. The van der Waals surface area contributed by atoms with Crippen molar-refractivity contribution in [3.05, 3.63) is 29.4 Å². The molecule has 1 fully saturated rings. The molecule has 0 saturated carbocycles. The van der Waals surface area contributed by atoms with E-state index in [0.717, 1.165) is 29.7 Å². The molecule has 3 nitrogen and oxygen atoms in total. The van der Waals surface area contributed by atoms with Crippen LogP contribution in [-0.2, 0) is 0 Å². The van der Waals surface area contributed by atoms with Crippen molar-refractivity contribution < 1.29 is 0 Å². The summed E-state index contributed by atoms with van der Waals surface area (Å²) in [6.07, 6.45) is 0. The molecule has 1 aromatic carbocycles. The average molecular weight is 262 g/mol. The molecule has 0 N–H and O–H groups in total. The van der Waals surface area contributed by atoms with E-state index in [-0.39, 0.29) is 0 Å². The van der Waals surface area contributed by atoms with E-state index >= 15 is 0 Å². The lowest BCUT2D eigenvalue weighted by Gasteiger charge is -2.18. The van der Waals surface area contributed by atoms with Crippen molar-refractivity contribution in [2.45, 2.75) is 13.8 Å². The number of fused-ring (bicyclic) bond motifs is 1. The van der Waals surface area contributed by atoms with Crippen LogP contribution >= 0.6 is 11.6 Å². The van der Waals surface area contributed by atoms with E-state index in [0.29, 0.717) is 17.0 Å². The molecule has 0 aliphatic carbocycles. The number of aromatic nitrogens is 2. The van der Waals surface area contributed by atoms with Gasteiger partial charge in [-0.1, -0.05) is 49.7 Å². The molecule has 3 rings (SSSR count). The van der Waals surface area contributed by atoms with Crippen LogP contribution in [0.25, 0.3) is 10.8 Å². The van der Waals surface area contributed by atoms with Crippen molar-refractivity contribution in [2.75, 3.05) is 18.0 Å². The predicted molar refractivity (Wildman–Crippen MR) is 75.1 cm³/mol. The van der Waals surface area contributed by atoms with E-state index in [9.17, 15) is 0 Å². The zero-order chi connectivity index (χ0) is 12.7. The standard InChI is InChI=1S/C14H16ClN3/c1-9-7-18(8-10(9)2)14-12-6-4-3-5-11(12)13(15)16-17-14/h3-6,9-10H,7-8H2,1-2H3. The zero-order valence-corrected chi connectivity index (χ0v) is 11.4. The molecular formula is C14H16ClN3. The SMILES string of the molecule is CC1CN(c2nnc(Cl)c3ccccc23)CC1C. The second kappa shape index (κ2) is 4.39. The van der Waals surface area contributed by atoms with Crippen LogP contribution in [0, 0.1) is 11.8 Å². The summed E-state index contributed by atoms with van der Waals surface area (Å²) < 4.78 is 0. The van der Waals surface area contributed by atoms with Crippen LogP contribution in [0.2, 0.25) is 5.15 Å². The minimum absolute atomic E-state index is 0.481. The highest BCUT2D eigenvalue weighted by atomic mass is 35.5. The number of hydrogen-bond donors (Lipinski definition) is 0. The molecule has 0 spiro atoms. The lowest BCUT2D eigenvalue weighted by atomic mass is 10.0. The van der Waals surface area contributed by atoms with Gasteiger partial charge < -0.3 is 4.90 Å². The van der Waals surface area contributed by atoms with Crippen molar-refractivity contribution in [1.82, 2.24) is 10.2 Å². The van der Waals surface area contributed by atoms with Crippen LogP contribution in [0.4, 0.5) is 5.82 Å². The maximum absolute atomic E-state index is 6.10. The number of benzene rings is 1. The lowest BCUT2D eigenvalue weighted by Crippen LogP contribution is -2.21. The number of halogens is 1. The third-order valence-electron chi connectivity index (χ3n) is 3.91. The van der Waals surface area contributed by atoms with Gasteiger partial charge in [-0.05, 0) is 11.8 Å². The molecule has 94 valence electrons. The van der Waals surface area contributed by atoms with E-state index in [2.05, 4.69) is 35.0 Å². The van der Waals surface area contributed by atoms with Crippen LogP contribution in [0.5, 0.6) is 0 Å². The summed E-state index contributed by atoms with van der Waals surface area (Å²) in [5.41, 5.74) is 0.